The van der Waals surface area contributed by atoms with Crippen LogP contribution in [0.1, 0.15) is 5.56 Å². The van der Waals surface area contributed by atoms with Gasteiger partial charge >= 0.3 is 0 Å². The van der Waals surface area contributed by atoms with Crippen LogP contribution in [0.3, 0.4) is 0 Å². The molecular formula is C11H7ClFN5. The van der Waals surface area contributed by atoms with E-state index in [0.717, 1.165) is 0 Å². The maximum atomic E-state index is 13.4. The maximum absolute atomic E-state index is 13.4. The van der Waals surface area contributed by atoms with Gasteiger partial charge in [0.25, 0.3) is 0 Å². The fourth-order valence-electron chi connectivity index (χ4n) is 1.34. The Hall–Kier alpha value is -2.39. The molecular weight excluding hydrogens is 257 g/mol. The SMILES string of the molecule is N#Cc1c(F)cccc1Nc1nc(Cl)ncc1N. The van der Waals surface area contributed by atoms with Crippen molar-refractivity contribution in [2.24, 2.45) is 0 Å². The topological polar surface area (TPSA) is 87.6 Å². The number of nitrogens with one attached hydrogen (secondary N) is 1. The van der Waals surface area contributed by atoms with Crippen LogP contribution in [0.2, 0.25) is 5.28 Å². The molecule has 0 saturated carbocycles. The summed E-state index contributed by atoms with van der Waals surface area (Å²) in [6.45, 7) is 0. The van der Waals surface area contributed by atoms with Crippen molar-refractivity contribution in [2.45, 2.75) is 0 Å². The number of nitriles is 1. The van der Waals surface area contributed by atoms with Gasteiger partial charge in [-0.1, -0.05) is 6.07 Å². The molecule has 1 aromatic heterocycles. The summed E-state index contributed by atoms with van der Waals surface area (Å²) in [5, 5.41) is 11.6. The second-order valence-electron chi connectivity index (χ2n) is 3.34. The Balaban J connectivity index is 2.44. The van der Waals surface area contributed by atoms with Crippen molar-refractivity contribution >= 4 is 28.8 Å². The molecule has 90 valence electrons. The highest BCUT2D eigenvalue weighted by Crippen LogP contribution is 2.25. The van der Waals surface area contributed by atoms with E-state index in [9.17, 15) is 4.39 Å². The zero-order valence-corrected chi connectivity index (χ0v) is 9.74. The summed E-state index contributed by atoms with van der Waals surface area (Å²) in [7, 11) is 0. The van der Waals surface area contributed by atoms with Gasteiger partial charge in [0.1, 0.15) is 17.4 Å². The predicted molar refractivity (Wildman–Crippen MR) is 65.9 cm³/mol. The largest absolute Gasteiger partial charge is 0.394 e. The number of aromatic nitrogens is 2. The minimum absolute atomic E-state index is 0.00149. The monoisotopic (exact) mass is 263 g/mol. The fourth-order valence-corrected chi connectivity index (χ4v) is 1.47. The second-order valence-corrected chi connectivity index (χ2v) is 3.68. The molecule has 1 heterocycles. The first-order chi connectivity index (χ1) is 8.61. The highest BCUT2D eigenvalue weighted by Gasteiger charge is 2.10. The third-order valence-corrected chi connectivity index (χ3v) is 2.35. The molecule has 0 fully saturated rings. The summed E-state index contributed by atoms with van der Waals surface area (Å²) in [6, 6.07) is 5.97. The van der Waals surface area contributed by atoms with Crippen molar-refractivity contribution in [1.82, 2.24) is 9.97 Å². The van der Waals surface area contributed by atoms with E-state index < -0.39 is 5.82 Å². The van der Waals surface area contributed by atoms with E-state index in [1.807, 2.05) is 0 Å². The molecule has 0 aliphatic carbocycles. The molecule has 5 nitrogen and oxygen atoms in total. The Morgan fingerprint density at radius 1 is 1.44 bits per heavy atom. The smallest absolute Gasteiger partial charge is 0.224 e. The number of halogens is 2. The van der Waals surface area contributed by atoms with Crippen LogP contribution in [0, 0.1) is 17.1 Å². The Bertz CT molecular complexity index is 638. The molecule has 0 atom stereocenters. The van der Waals surface area contributed by atoms with Gasteiger partial charge in [-0.05, 0) is 23.7 Å². The van der Waals surface area contributed by atoms with Gasteiger partial charge in [0.05, 0.1) is 17.6 Å². The third kappa shape index (κ3) is 2.31. The normalized spacial score (nSPS) is 9.83. The first-order valence-corrected chi connectivity index (χ1v) is 5.23. The van der Waals surface area contributed by atoms with Gasteiger partial charge in [0.15, 0.2) is 5.82 Å². The maximum Gasteiger partial charge on any atom is 0.224 e. The van der Waals surface area contributed by atoms with Crippen molar-refractivity contribution < 1.29 is 4.39 Å². The lowest BCUT2D eigenvalue weighted by molar-refractivity contribution is 0.624. The van der Waals surface area contributed by atoms with E-state index >= 15 is 0 Å². The van der Waals surface area contributed by atoms with E-state index in [-0.39, 0.29) is 28.0 Å². The molecule has 0 amide bonds. The molecule has 0 spiro atoms. The van der Waals surface area contributed by atoms with Crippen LogP contribution < -0.4 is 11.1 Å². The van der Waals surface area contributed by atoms with Crippen molar-refractivity contribution in [2.75, 3.05) is 11.1 Å². The van der Waals surface area contributed by atoms with E-state index in [1.54, 1.807) is 6.07 Å². The average molecular weight is 264 g/mol. The molecule has 2 rings (SSSR count). The molecule has 2 aromatic rings. The van der Waals surface area contributed by atoms with E-state index in [1.165, 1.54) is 24.4 Å². The third-order valence-electron chi connectivity index (χ3n) is 2.17. The van der Waals surface area contributed by atoms with Crippen molar-refractivity contribution in [1.29, 1.82) is 5.26 Å². The molecule has 0 radical (unpaired) electrons. The molecule has 1 aromatic carbocycles. The van der Waals surface area contributed by atoms with Gasteiger partial charge in [-0.15, -0.1) is 0 Å². The quantitative estimate of drug-likeness (QED) is 0.813. The van der Waals surface area contributed by atoms with Gasteiger partial charge in [-0.3, -0.25) is 0 Å². The molecule has 3 N–H and O–H groups in total. The highest BCUT2D eigenvalue weighted by atomic mass is 35.5. The lowest BCUT2D eigenvalue weighted by atomic mass is 10.2. The van der Waals surface area contributed by atoms with Crippen LogP contribution in [0.4, 0.5) is 21.6 Å². The van der Waals surface area contributed by atoms with Crippen LogP contribution >= 0.6 is 11.6 Å². The predicted octanol–water partition coefficient (Wildman–Crippen LogP) is 2.47. The van der Waals surface area contributed by atoms with E-state index in [4.69, 9.17) is 22.6 Å². The Morgan fingerprint density at radius 3 is 2.94 bits per heavy atom. The van der Waals surface area contributed by atoms with Crippen LogP contribution in [-0.4, -0.2) is 9.97 Å². The molecule has 0 aliphatic heterocycles. The number of nitrogens with two attached hydrogens (primary N) is 1. The number of nitrogen functional groups attached to an aromatic ring is 1. The Kier molecular flexibility index (Phi) is 3.26. The van der Waals surface area contributed by atoms with Crippen molar-refractivity contribution in [3.63, 3.8) is 0 Å². The average Bonchev–Trinajstić information content (AvgIpc) is 2.34. The lowest BCUT2D eigenvalue weighted by Gasteiger charge is -2.09. The van der Waals surface area contributed by atoms with Crippen LogP contribution in [0.25, 0.3) is 0 Å². The van der Waals surface area contributed by atoms with Crippen molar-refractivity contribution in [3.8, 4) is 6.07 Å². The molecule has 0 aliphatic rings. The van der Waals surface area contributed by atoms with Gasteiger partial charge in [0, 0.05) is 0 Å². The molecule has 0 saturated heterocycles. The summed E-state index contributed by atoms with van der Waals surface area (Å²) < 4.78 is 13.4. The number of nitrogens with zero attached hydrogens (tertiary/aromatic N) is 3. The minimum atomic E-state index is -0.624. The molecule has 7 heteroatoms. The van der Waals surface area contributed by atoms with Gasteiger partial charge < -0.3 is 11.1 Å². The van der Waals surface area contributed by atoms with Gasteiger partial charge in [-0.25, -0.2) is 9.37 Å². The summed E-state index contributed by atoms with van der Waals surface area (Å²) in [5.74, 6) is -0.404. The number of hydrogen-bond donors (Lipinski definition) is 2. The number of benzene rings is 1. The van der Waals surface area contributed by atoms with E-state index in [0.29, 0.717) is 0 Å². The number of rotatable bonds is 2. The molecule has 18 heavy (non-hydrogen) atoms. The van der Waals surface area contributed by atoms with Crippen LogP contribution in [0.15, 0.2) is 24.4 Å². The summed E-state index contributed by atoms with van der Waals surface area (Å²) >= 11 is 5.63. The summed E-state index contributed by atoms with van der Waals surface area (Å²) in [6.07, 6.45) is 1.32. The summed E-state index contributed by atoms with van der Waals surface area (Å²) in [4.78, 5) is 7.55. The second kappa shape index (κ2) is 4.85. The molecule has 0 unspecified atom stereocenters. The highest BCUT2D eigenvalue weighted by molar-refractivity contribution is 6.28. The summed E-state index contributed by atoms with van der Waals surface area (Å²) in [5.41, 5.74) is 6.03. The first kappa shape index (κ1) is 12.1. The van der Waals surface area contributed by atoms with Crippen LogP contribution in [-0.2, 0) is 0 Å². The van der Waals surface area contributed by atoms with Crippen molar-refractivity contribution in [3.05, 3.63) is 41.1 Å². The number of hydrogen-bond acceptors (Lipinski definition) is 5. The van der Waals surface area contributed by atoms with Crippen LogP contribution in [0.5, 0.6) is 0 Å². The van der Waals surface area contributed by atoms with Gasteiger partial charge in [0.2, 0.25) is 5.28 Å². The standard InChI is InChI=1S/C11H7ClFN5/c12-11-16-5-8(15)10(18-11)17-9-3-1-2-7(13)6(9)4-14/h1-3,5H,15H2,(H,16,17,18). The molecule has 0 bridgehead atoms. The minimum Gasteiger partial charge on any atom is -0.394 e. The van der Waals surface area contributed by atoms with Gasteiger partial charge in [-0.2, -0.15) is 10.2 Å². The lowest BCUT2D eigenvalue weighted by Crippen LogP contribution is -2.02. The zero-order chi connectivity index (χ0) is 13.1. The Morgan fingerprint density at radius 2 is 2.22 bits per heavy atom. The zero-order valence-electron chi connectivity index (χ0n) is 8.98. The van der Waals surface area contributed by atoms with E-state index in [2.05, 4.69) is 15.3 Å². The fraction of sp³-hybridized carbons (Fsp3) is 0. The first-order valence-electron chi connectivity index (χ1n) is 4.85. The Labute approximate surface area is 107 Å². The number of anilines is 3.